The van der Waals surface area contributed by atoms with Gasteiger partial charge in [0.1, 0.15) is 5.75 Å². The van der Waals surface area contributed by atoms with Crippen LogP contribution in [0.25, 0.3) is 0 Å². The summed E-state index contributed by atoms with van der Waals surface area (Å²) in [5.74, 6) is 0.792. The third-order valence-electron chi connectivity index (χ3n) is 2.93. The fourth-order valence-corrected chi connectivity index (χ4v) is 2.86. The Kier molecular flexibility index (Phi) is 5.33. The topological polar surface area (TPSA) is 35.2 Å². The van der Waals surface area contributed by atoms with E-state index in [4.69, 9.17) is 33.7 Å². The molecule has 0 aliphatic rings. The third-order valence-corrected chi connectivity index (χ3v) is 4.38. The average Bonchev–Trinajstić information content (AvgIpc) is 2.43. The Labute approximate surface area is 137 Å². The molecule has 1 unspecified atom stereocenters. The molecule has 20 heavy (non-hydrogen) atoms. The van der Waals surface area contributed by atoms with E-state index in [2.05, 4.69) is 15.9 Å². The monoisotopic (exact) mass is 373 g/mol. The van der Waals surface area contributed by atoms with Crippen LogP contribution in [0, 0.1) is 0 Å². The van der Waals surface area contributed by atoms with E-state index in [-0.39, 0.29) is 6.04 Å². The Bertz CT molecular complexity index is 619. The van der Waals surface area contributed by atoms with Crippen molar-refractivity contribution in [3.8, 4) is 5.75 Å². The maximum atomic E-state index is 6.27. The van der Waals surface area contributed by atoms with E-state index in [0.29, 0.717) is 16.7 Å². The highest BCUT2D eigenvalue weighted by atomic mass is 79.9. The molecule has 2 aromatic carbocycles. The normalized spacial score (nSPS) is 12.2. The molecule has 106 valence electrons. The van der Waals surface area contributed by atoms with E-state index in [1.165, 1.54) is 0 Å². The molecule has 0 aromatic heterocycles. The SMILES string of the molecule is CCOc1ccc(C(N)c2cccc(Cl)c2Cl)cc1Br. The van der Waals surface area contributed by atoms with Crippen LogP contribution in [0.1, 0.15) is 24.1 Å². The molecule has 1 atom stereocenters. The molecule has 2 rings (SSSR count). The van der Waals surface area contributed by atoms with E-state index in [1.807, 2.05) is 37.3 Å². The van der Waals surface area contributed by atoms with E-state index < -0.39 is 0 Å². The number of nitrogens with two attached hydrogens (primary N) is 1. The van der Waals surface area contributed by atoms with Crippen molar-refractivity contribution < 1.29 is 4.74 Å². The summed E-state index contributed by atoms with van der Waals surface area (Å²) < 4.78 is 6.35. The molecule has 0 bridgehead atoms. The Morgan fingerprint density at radius 3 is 2.65 bits per heavy atom. The smallest absolute Gasteiger partial charge is 0.133 e. The number of benzene rings is 2. The summed E-state index contributed by atoms with van der Waals surface area (Å²) >= 11 is 15.7. The molecule has 5 heteroatoms. The average molecular weight is 375 g/mol. The quantitative estimate of drug-likeness (QED) is 0.797. The first-order valence-corrected chi connectivity index (χ1v) is 7.71. The highest BCUT2D eigenvalue weighted by Gasteiger charge is 2.15. The molecule has 0 radical (unpaired) electrons. The maximum absolute atomic E-state index is 6.27. The van der Waals surface area contributed by atoms with Gasteiger partial charge in [0.05, 0.1) is 27.2 Å². The first-order chi connectivity index (χ1) is 9.54. The number of rotatable bonds is 4. The van der Waals surface area contributed by atoms with Crippen LogP contribution in [0.4, 0.5) is 0 Å². The van der Waals surface area contributed by atoms with E-state index in [9.17, 15) is 0 Å². The summed E-state index contributed by atoms with van der Waals surface area (Å²) in [7, 11) is 0. The first kappa shape index (κ1) is 15.6. The predicted molar refractivity (Wildman–Crippen MR) is 87.8 cm³/mol. The van der Waals surface area contributed by atoms with Gasteiger partial charge in [-0.25, -0.2) is 0 Å². The summed E-state index contributed by atoms with van der Waals surface area (Å²) in [6, 6.07) is 10.9. The number of hydrogen-bond acceptors (Lipinski definition) is 2. The molecule has 2 aromatic rings. The van der Waals surface area contributed by atoms with Gasteiger partial charge in [-0.05, 0) is 52.2 Å². The molecule has 0 fully saturated rings. The summed E-state index contributed by atoms with van der Waals surface area (Å²) in [5.41, 5.74) is 8.01. The van der Waals surface area contributed by atoms with Gasteiger partial charge in [0.25, 0.3) is 0 Å². The van der Waals surface area contributed by atoms with Crippen LogP contribution in [-0.4, -0.2) is 6.61 Å². The molecule has 0 spiro atoms. The first-order valence-electron chi connectivity index (χ1n) is 6.16. The highest BCUT2D eigenvalue weighted by Crippen LogP contribution is 2.34. The largest absolute Gasteiger partial charge is 0.493 e. The highest BCUT2D eigenvalue weighted by molar-refractivity contribution is 9.10. The van der Waals surface area contributed by atoms with Gasteiger partial charge in [0, 0.05) is 0 Å². The van der Waals surface area contributed by atoms with E-state index in [0.717, 1.165) is 21.3 Å². The molecule has 0 aliphatic carbocycles. The fourth-order valence-electron chi connectivity index (χ4n) is 1.92. The van der Waals surface area contributed by atoms with Crippen molar-refractivity contribution in [1.29, 1.82) is 0 Å². The molecular formula is C15H14BrCl2NO. The van der Waals surface area contributed by atoms with Gasteiger partial charge in [-0.15, -0.1) is 0 Å². The zero-order chi connectivity index (χ0) is 14.7. The molecule has 0 aliphatic heterocycles. The van der Waals surface area contributed by atoms with Crippen molar-refractivity contribution >= 4 is 39.1 Å². The molecule has 0 heterocycles. The Morgan fingerprint density at radius 2 is 2.00 bits per heavy atom. The summed E-state index contributed by atoms with van der Waals surface area (Å²) in [4.78, 5) is 0. The molecular weight excluding hydrogens is 361 g/mol. The molecule has 0 amide bonds. The fraction of sp³-hybridized carbons (Fsp3) is 0.200. The lowest BCUT2D eigenvalue weighted by atomic mass is 9.99. The lowest BCUT2D eigenvalue weighted by molar-refractivity contribution is 0.338. The van der Waals surface area contributed by atoms with Crippen molar-refractivity contribution in [3.63, 3.8) is 0 Å². The van der Waals surface area contributed by atoms with Gasteiger partial charge < -0.3 is 10.5 Å². The number of ether oxygens (including phenoxy) is 1. The second-order valence-corrected chi connectivity index (χ2v) is 5.88. The third kappa shape index (κ3) is 3.29. The predicted octanol–water partition coefficient (Wildman–Crippen LogP) is 5.20. The standard InChI is InChI=1S/C15H14BrCl2NO/c1-2-20-13-7-6-9(8-11(13)16)15(19)10-4-3-5-12(17)14(10)18/h3-8,15H,2,19H2,1H3. The maximum Gasteiger partial charge on any atom is 0.133 e. The van der Waals surface area contributed by atoms with Gasteiger partial charge in [-0.1, -0.05) is 41.4 Å². The number of halogens is 3. The zero-order valence-corrected chi connectivity index (χ0v) is 14.0. The lowest BCUT2D eigenvalue weighted by Crippen LogP contribution is -2.12. The second kappa shape index (κ2) is 6.81. The van der Waals surface area contributed by atoms with Crippen molar-refractivity contribution in [1.82, 2.24) is 0 Å². The van der Waals surface area contributed by atoms with Gasteiger partial charge in [0.2, 0.25) is 0 Å². The number of hydrogen-bond donors (Lipinski definition) is 1. The van der Waals surface area contributed by atoms with Crippen LogP contribution in [0.3, 0.4) is 0 Å². The van der Waals surface area contributed by atoms with Crippen LogP contribution < -0.4 is 10.5 Å². The minimum atomic E-state index is -0.340. The summed E-state index contributed by atoms with van der Waals surface area (Å²) in [6.45, 7) is 2.56. The summed E-state index contributed by atoms with van der Waals surface area (Å²) in [5, 5.41) is 0.997. The van der Waals surface area contributed by atoms with Crippen LogP contribution in [0.2, 0.25) is 10.0 Å². The molecule has 0 saturated carbocycles. The van der Waals surface area contributed by atoms with Gasteiger partial charge in [-0.2, -0.15) is 0 Å². The second-order valence-electron chi connectivity index (χ2n) is 4.24. The van der Waals surface area contributed by atoms with Crippen molar-refractivity contribution in [2.24, 2.45) is 5.73 Å². The van der Waals surface area contributed by atoms with Crippen LogP contribution in [0.15, 0.2) is 40.9 Å². The Hall–Kier alpha value is -0.740. The van der Waals surface area contributed by atoms with Gasteiger partial charge in [0.15, 0.2) is 0 Å². The minimum Gasteiger partial charge on any atom is -0.493 e. The van der Waals surface area contributed by atoms with Crippen LogP contribution >= 0.6 is 39.1 Å². The van der Waals surface area contributed by atoms with E-state index >= 15 is 0 Å². The molecule has 2 nitrogen and oxygen atoms in total. The zero-order valence-electron chi connectivity index (χ0n) is 10.9. The van der Waals surface area contributed by atoms with Gasteiger partial charge in [-0.3, -0.25) is 0 Å². The van der Waals surface area contributed by atoms with Crippen LogP contribution in [-0.2, 0) is 0 Å². The van der Waals surface area contributed by atoms with Crippen molar-refractivity contribution in [3.05, 3.63) is 62.0 Å². The van der Waals surface area contributed by atoms with Crippen molar-refractivity contribution in [2.75, 3.05) is 6.61 Å². The Balaban J connectivity index is 2.36. The van der Waals surface area contributed by atoms with Gasteiger partial charge >= 0.3 is 0 Å². The van der Waals surface area contributed by atoms with E-state index in [1.54, 1.807) is 6.07 Å². The van der Waals surface area contributed by atoms with Crippen LogP contribution in [0.5, 0.6) is 5.75 Å². The summed E-state index contributed by atoms with van der Waals surface area (Å²) in [6.07, 6.45) is 0. The minimum absolute atomic E-state index is 0.340. The molecule has 0 saturated heterocycles. The lowest BCUT2D eigenvalue weighted by Gasteiger charge is -2.16. The van der Waals surface area contributed by atoms with Crippen molar-refractivity contribution in [2.45, 2.75) is 13.0 Å². The molecule has 2 N–H and O–H groups in total. The Morgan fingerprint density at radius 1 is 1.25 bits per heavy atom.